The summed E-state index contributed by atoms with van der Waals surface area (Å²) >= 11 is 0. The summed E-state index contributed by atoms with van der Waals surface area (Å²) in [7, 11) is 0. The zero-order chi connectivity index (χ0) is 14.2. The van der Waals surface area contributed by atoms with Gasteiger partial charge in [-0.15, -0.1) is 0 Å². The van der Waals surface area contributed by atoms with Gasteiger partial charge in [0.2, 0.25) is 0 Å². The number of pyridine rings is 1. The van der Waals surface area contributed by atoms with E-state index in [0.717, 1.165) is 5.56 Å². The number of carboxylic acid groups (broad SMARTS) is 1. The van der Waals surface area contributed by atoms with Crippen LogP contribution in [0.5, 0.6) is 0 Å². The van der Waals surface area contributed by atoms with E-state index < -0.39 is 17.8 Å². The summed E-state index contributed by atoms with van der Waals surface area (Å²) in [5, 5.41) is 9.14. The average molecular weight is 263 g/mol. The first-order chi connectivity index (χ1) is 8.93. The molecule has 0 aromatic carbocycles. The van der Waals surface area contributed by atoms with Crippen LogP contribution in [0.2, 0.25) is 0 Å². The minimum Gasteiger partial charge on any atom is -0.481 e. The molecular weight excluding hydrogens is 246 g/mol. The molecule has 1 aromatic rings. The van der Waals surface area contributed by atoms with Crippen molar-refractivity contribution >= 4 is 17.7 Å². The normalized spacial score (nSPS) is 22.5. The second-order valence-electron chi connectivity index (χ2n) is 4.86. The predicted octanol–water partition coefficient (Wildman–Crippen LogP) is 0.788. The van der Waals surface area contributed by atoms with Crippen LogP contribution in [0, 0.1) is 12.8 Å². The highest BCUT2D eigenvalue weighted by Crippen LogP contribution is 2.31. The van der Waals surface area contributed by atoms with Crippen molar-refractivity contribution in [3.05, 3.63) is 23.4 Å². The lowest BCUT2D eigenvalue weighted by atomic mass is 10.0. The van der Waals surface area contributed by atoms with Crippen LogP contribution in [0.4, 0.5) is 5.82 Å². The number of anilines is 1. The van der Waals surface area contributed by atoms with Gasteiger partial charge in [-0.1, -0.05) is 0 Å². The highest BCUT2D eigenvalue weighted by molar-refractivity contribution is 5.99. The number of rotatable bonds is 3. The molecule has 0 aliphatic carbocycles. The van der Waals surface area contributed by atoms with Gasteiger partial charge in [-0.2, -0.15) is 0 Å². The summed E-state index contributed by atoms with van der Waals surface area (Å²) < 4.78 is 0. The van der Waals surface area contributed by atoms with Crippen LogP contribution < -0.4 is 10.6 Å². The first-order valence-electron chi connectivity index (χ1n) is 6.18. The van der Waals surface area contributed by atoms with Crippen molar-refractivity contribution in [2.24, 2.45) is 11.7 Å². The van der Waals surface area contributed by atoms with Gasteiger partial charge in [0.1, 0.15) is 5.82 Å². The van der Waals surface area contributed by atoms with E-state index in [1.54, 1.807) is 19.2 Å². The van der Waals surface area contributed by atoms with Crippen LogP contribution in [0.25, 0.3) is 0 Å². The van der Waals surface area contributed by atoms with Crippen molar-refractivity contribution in [2.45, 2.75) is 26.3 Å². The Kier molecular flexibility index (Phi) is 3.42. The fourth-order valence-corrected chi connectivity index (χ4v) is 2.64. The van der Waals surface area contributed by atoms with Gasteiger partial charge in [0.25, 0.3) is 5.91 Å². The zero-order valence-electron chi connectivity index (χ0n) is 11.0. The number of aromatic nitrogens is 1. The molecule has 1 saturated heterocycles. The summed E-state index contributed by atoms with van der Waals surface area (Å²) in [5.41, 5.74) is 6.53. The molecule has 2 unspecified atom stereocenters. The van der Waals surface area contributed by atoms with E-state index in [4.69, 9.17) is 10.8 Å². The van der Waals surface area contributed by atoms with Gasteiger partial charge in [0.15, 0.2) is 0 Å². The molecule has 1 aliphatic rings. The third kappa shape index (κ3) is 2.25. The molecule has 0 bridgehead atoms. The van der Waals surface area contributed by atoms with Gasteiger partial charge in [-0.25, -0.2) is 4.98 Å². The molecule has 0 spiro atoms. The van der Waals surface area contributed by atoms with Crippen molar-refractivity contribution in [1.29, 1.82) is 0 Å². The molecule has 1 aromatic heterocycles. The lowest BCUT2D eigenvalue weighted by Crippen LogP contribution is -2.35. The number of carbonyl (C=O) groups is 2. The minimum atomic E-state index is -0.816. The predicted molar refractivity (Wildman–Crippen MR) is 70.0 cm³/mol. The first kappa shape index (κ1) is 13.3. The standard InChI is InChI=1S/C13H17N3O3/c1-7-3-5-15-12(10(7)11(14)17)16-6-4-9(8(16)2)13(18)19/h3,5,8-9H,4,6H2,1-2H3,(H2,14,17)(H,18,19). The largest absolute Gasteiger partial charge is 0.481 e. The summed E-state index contributed by atoms with van der Waals surface area (Å²) in [6.07, 6.45) is 2.16. The van der Waals surface area contributed by atoms with E-state index in [1.165, 1.54) is 0 Å². The van der Waals surface area contributed by atoms with Gasteiger partial charge >= 0.3 is 5.97 Å². The number of nitrogens with zero attached hydrogens (tertiary/aromatic N) is 2. The highest BCUT2D eigenvalue weighted by Gasteiger charge is 2.37. The Hall–Kier alpha value is -2.11. The first-order valence-corrected chi connectivity index (χ1v) is 6.18. The van der Waals surface area contributed by atoms with Crippen LogP contribution in [0.3, 0.4) is 0 Å². The summed E-state index contributed by atoms with van der Waals surface area (Å²) in [5.74, 6) is -1.30. The third-order valence-electron chi connectivity index (χ3n) is 3.73. The monoisotopic (exact) mass is 263 g/mol. The molecule has 19 heavy (non-hydrogen) atoms. The van der Waals surface area contributed by atoms with Crippen LogP contribution in [0.1, 0.15) is 29.3 Å². The number of carboxylic acids is 1. The second kappa shape index (κ2) is 4.87. The Balaban J connectivity index is 2.41. The summed E-state index contributed by atoms with van der Waals surface area (Å²) in [6.45, 7) is 4.19. The molecule has 1 amide bonds. The molecule has 2 heterocycles. The lowest BCUT2D eigenvalue weighted by molar-refractivity contribution is -0.141. The molecular formula is C13H17N3O3. The number of amides is 1. The smallest absolute Gasteiger partial charge is 0.308 e. The van der Waals surface area contributed by atoms with Crippen LogP contribution in [-0.4, -0.2) is 34.6 Å². The molecule has 6 nitrogen and oxygen atoms in total. The van der Waals surface area contributed by atoms with Crippen LogP contribution in [-0.2, 0) is 4.79 Å². The number of hydrogen-bond donors (Lipinski definition) is 2. The Bertz CT molecular complexity index is 530. The van der Waals surface area contributed by atoms with E-state index in [1.807, 2.05) is 11.8 Å². The Morgan fingerprint density at radius 3 is 2.74 bits per heavy atom. The molecule has 6 heteroatoms. The molecule has 1 fully saturated rings. The van der Waals surface area contributed by atoms with Crippen molar-refractivity contribution in [2.75, 3.05) is 11.4 Å². The van der Waals surface area contributed by atoms with E-state index in [9.17, 15) is 9.59 Å². The Morgan fingerprint density at radius 2 is 2.21 bits per heavy atom. The van der Waals surface area contributed by atoms with E-state index in [0.29, 0.717) is 24.3 Å². The maximum Gasteiger partial charge on any atom is 0.308 e. The molecule has 2 atom stereocenters. The van der Waals surface area contributed by atoms with E-state index in [2.05, 4.69) is 4.98 Å². The molecule has 3 N–H and O–H groups in total. The van der Waals surface area contributed by atoms with Gasteiger partial charge in [0, 0.05) is 18.8 Å². The zero-order valence-corrected chi connectivity index (χ0v) is 11.0. The van der Waals surface area contributed by atoms with Crippen LogP contribution >= 0.6 is 0 Å². The van der Waals surface area contributed by atoms with Gasteiger partial charge < -0.3 is 15.7 Å². The Morgan fingerprint density at radius 1 is 1.53 bits per heavy atom. The maximum atomic E-state index is 11.6. The third-order valence-corrected chi connectivity index (χ3v) is 3.73. The van der Waals surface area contributed by atoms with E-state index in [-0.39, 0.29) is 6.04 Å². The fourth-order valence-electron chi connectivity index (χ4n) is 2.64. The molecule has 0 radical (unpaired) electrons. The Labute approximate surface area is 111 Å². The SMILES string of the molecule is Cc1ccnc(N2CCC(C(=O)O)C2C)c1C(N)=O. The number of primary amides is 1. The number of nitrogens with two attached hydrogens (primary N) is 1. The summed E-state index contributed by atoms with van der Waals surface area (Å²) in [6, 6.07) is 1.52. The van der Waals surface area contributed by atoms with Gasteiger partial charge in [-0.3, -0.25) is 9.59 Å². The molecule has 1 aliphatic heterocycles. The van der Waals surface area contributed by atoms with Crippen molar-refractivity contribution in [1.82, 2.24) is 4.98 Å². The van der Waals surface area contributed by atoms with Gasteiger partial charge in [0.05, 0.1) is 11.5 Å². The van der Waals surface area contributed by atoms with Crippen molar-refractivity contribution < 1.29 is 14.7 Å². The molecule has 0 saturated carbocycles. The van der Waals surface area contributed by atoms with Crippen molar-refractivity contribution in [3.8, 4) is 0 Å². The van der Waals surface area contributed by atoms with Gasteiger partial charge in [-0.05, 0) is 31.9 Å². The number of carbonyl (C=O) groups excluding carboxylic acids is 1. The second-order valence-corrected chi connectivity index (χ2v) is 4.86. The van der Waals surface area contributed by atoms with E-state index >= 15 is 0 Å². The fraction of sp³-hybridized carbons (Fsp3) is 0.462. The summed E-state index contributed by atoms with van der Waals surface area (Å²) in [4.78, 5) is 28.8. The highest BCUT2D eigenvalue weighted by atomic mass is 16.4. The number of aliphatic carboxylic acids is 1. The molecule has 102 valence electrons. The van der Waals surface area contributed by atoms with Crippen molar-refractivity contribution in [3.63, 3.8) is 0 Å². The lowest BCUT2D eigenvalue weighted by Gasteiger charge is -2.26. The average Bonchev–Trinajstić information content (AvgIpc) is 2.70. The van der Waals surface area contributed by atoms with Crippen LogP contribution in [0.15, 0.2) is 12.3 Å². The number of hydrogen-bond acceptors (Lipinski definition) is 4. The maximum absolute atomic E-state index is 11.6. The molecule has 2 rings (SSSR count). The topological polar surface area (TPSA) is 96.5 Å². The quantitative estimate of drug-likeness (QED) is 0.840. The number of aryl methyl sites for hydroxylation is 1. The minimum absolute atomic E-state index is 0.204.